The number of hydrogen-bond acceptors (Lipinski definition) is 2. The van der Waals surface area contributed by atoms with Crippen LogP contribution in [0.2, 0.25) is 0 Å². The van der Waals surface area contributed by atoms with Crippen LogP contribution in [0.4, 0.5) is 0 Å². The van der Waals surface area contributed by atoms with E-state index in [1.807, 2.05) is 6.07 Å². The average Bonchev–Trinajstić information content (AvgIpc) is 3.34. The lowest BCUT2D eigenvalue weighted by Crippen LogP contribution is -2.27. The van der Waals surface area contributed by atoms with Crippen LogP contribution in [0.15, 0.2) is 24.3 Å². The quantitative estimate of drug-likeness (QED) is 0.688. The zero-order chi connectivity index (χ0) is 15.1. The molecule has 2 nitrogen and oxygen atoms in total. The third-order valence-electron chi connectivity index (χ3n) is 4.75. The van der Waals surface area contributed by atoms with Crippen LogP contribution in [0.5, 0.6) is 5.75 Å². The fourth-order valence-electron chi connectivity index (χ4n) is 3.09. The zero-order valence-corrected chi connectivity index (χ0v) is 13.9. The Morgan fingerprint density at radius 2 is 1.95 bits per heavy atom. The Morgan fingerprint density at radius 3 is 2.57 bits per heavy atom. The molecule has 21 heavy (non-hydrogen) atoms. The van der Waals surface area contributed by atoms with Gasteiger partial charge >= 0.3 is 0 Å². The van der Waals surface area contributed by atoms with Crippen LogP contribution in [0.3, 0.4) is 0 Å². The summed E-state index contributed by atoms with van der Waals surface area (Å²) in [6, 6.07) is 9.37. The van der Waals surface area contributed by atoms with Crippen LogP contribution in [-0.4, -0.2) is 19.7 Å². The molecule has 0 spiro atoms. The monoisotopic (exact) mass is 289 g/mol. The Bertz CT molecular complexity index is 410. The molecular weight excluding hydrogens is 258 g/mol. The lowest BCUT2D eigenvalue weighted by Gasteiger charge is -2.23. The Kier molecular flexibility index (Phi) is 6.56. The molecule has 0 amide bonds. The SMILES string of the molecule is CCC(CC)CC(CNC1CC1)Cc1cccc(OC)c1. The third kappa shape index (κ3) is 5.70. The minimum atomic E-state index is 0.739. The summed E-state index contributed by atoms with van der Waals surface area (Å²) in [5, 5.41) is 3.73. The molecule has 1 aromatic carbocycles. The minimum Gasteiger partial charge on any atom is -0.497 e. The Balaban J connectivity index is 1.94. The Morgan fingerprint density at radius 1 is 1.19 bits per heavy atom. The van der Waals surface area contributed by atoms with Gasteiger partial charge in [-0.3, -0.25) is 0 Å². The molecule has 2 heteroatoms. The molecule has 1 aliphatic carbocycles. The van der Waals surface area contributed by atoms with Crippen molar-refractivity contribution in [1.82, 2.24) is 5.32 Å². The van der Waals surface area contributed by atoms with Crippen molar-refractivity contribution in [2.75, 3.05) is 13.7 Å². The maximum atomic E-state index is 5.35. The van der Waals surface area contributed by atoms with Crippen LogP contribution in [-0.2, 0) is 6.42 Å². The maximum absolute atomic E-state index is 5.35. The molecule has 0 aromatic heterocycles. The highest BCUT2D eigenvalue weighted by Gasteiger charge is 2.23. The molecule has 118 valence electrons. The van der Waals surface area contributed by atoms with E-state index >= 15 is 0 Å². The summed E-state index contributed by atoms with van der Waals surface area (Å²) in [4.78, 5) is 0. The van der Waals surface area contributed by atoms with E-state index < -0.39 is 0 Å². The van der Waals surface area contributed by atoms with Crippen molar-refractivity contribution in [3.8, 4) is 5.75 Å². The summed E-state index contributed by atoms with van der Waals surface area (Å²) < 4.78 is 5.35. The lowest BCUT2D eigenvalue weighted by molar-refractivity contribution is 0.337. The van der Waals surface area contributed by atoms with Gasteiger partial charge in [0.05, 0.1) is 7.11 Å². The summed E-state index contributed by atoms with van der Waals surface area (Å²) >= 11 is 0. The number of rotatable bonds is 10. The summed E-state index contributed by atoms with van der Waals surface area (Å²) in [5.41, 5.74) is 1.41. The van der Waals surface area contributed by atoms with Crippen molar-refractivity contribution < 1.29 is 4.74 Å². The van der Waals surface area contributed by atoms with Crippen molar-refractivity contribution in [3.63, 3.8) is 0 Å². The van der Waals surface area contributed by atoms with Gasteiger partial charge in [0, 0.05) is 6.04 Å². The normalized spacial score (nSPS) is 16.2. The number of hydrogen-bond donors (Lipinski definition) is 1. The van der Waals surface area contributed by atoms with E-state index in [1.54, 1.807) is 7.11 Å². The first-order valence-electron chi connectivity index (χ1n) is 8.61. The van der Waals surface area contributed by atoms with Crippen LogP contribution in [0.25, 0.3) is 0 Å². The predicted molar refractivity (Wildman–Crippen MR) is 89.9 cm³/mol. The first-order valence-corrected chi connectivity index (χ1v) is 8.61. The van der Waals surface area contributed by atoms with E-state index in [1.165, 1.54) is 44.2 Å². The van der Waals surface area contributed by atoms with Crippen LogP contribution >= 0.6 is 0 Å². The topological polar surface area (TPSA) is 21.3 Å². The van der Waals surface area contributed by atoms with Crippen LogP contribution in [0.1, 0.15) is 51.5 Å². The van der Waals surface area contributed by atoms with Gasteiger partial charge in [0.1, 0.15) is 5.75 Å². The molecule has 1 unspecified atom stereocenters. The highest BCUT2D eigenvalue weighted by atomic mass is 16.5. The van der Waals surface area contributed by atoms with Gasteiger partial charge in [0.25, 0.3) is 0 Å². The van der Waals surface area contributed by atoms with Gasteiger partial charge in [-0.15, -0.1) is 0 Å². The molecule has 1 atom stereocenters. The average molecular weight is 289 g/mol. The van der Waals surface area contributed by atoms with Crippen molar-refractivity contribution in [2.24, 2.45) is 11.8 Å². The fourth-order valence-corrected chi connectivity index (χ4v) is 3.09. The van der Waals surface area contributed by atoms with E-state index in [0.29, 0.717) is 0 Å². The van der Waals surface area contributed by atoms with Gasteiger partial charge in [0.15, 0.2) is 0 Å². The molecule has 1 aliphatic rings. The molecule has 0 bridgehead atoms. The molecule has 0 heterocycles. The van der Waals surface area contributed by atoms with Gasteiger partial charge in [-0.1, -0.05) is 38.8 Å². The van der Waals surface area contributed by atoms with Crippen molar-refractivity contribution >= 4 is 0 Å². The van der Waals surface area contributed by atoms with Crippen LogP contribution in [0, 0.1) is 11.8 Å². The number of methoxy groups -OCH3 is 1. The summed E-state index contributed by atoms with van der Waals surface area (Å²) in [7, 11) is 1.75. The molecule has 2 rings (SSSR count). The molecule has 0 aliphatic heterocycles. The van der Waals surface area contributed by atoms with Gasteiger partial charge in [-0.25, -0.2) is 0 Å². The molecule has 1 saturated carbocycles. The lowest BCUT2D eigenvalue weighted by atomic mass is 9.86. The molecule has 1 aromatic rings. The second kappa shape index (κ2) is 8.43. The second-order valence-electron chi connectivity index (χ2n) is 6.52. The Labute approximate surface area is 130 Å². The van der Waals surface area contributed by atoms with E-state index in [-0.39, 0.29) is 0 Å². The number of nitrogens with one attached hydrogen (secondary N) is 1. The molecule has 1 N–H and O–H groups in total. The minimum absolute atomic E-state index is 0.739. The van der Waals surface area contributed by atoms with E-state index in [4.69, 9.17) is 4.74 Å². The van der Waals surface area contributed by atoms with Crippen LogP contribution < -0.4 is 10.1 Å². The van der Waals surface area contributed by atoms with Gasteiger partial charge in [-0.05, 0) is 61.8 Å². The summed E-state index contributed by atoms with van der Waals surface area (Å²) in [6.07, 6.45) is 7.84. The standard InChI is InChI=1S/C19H31NO/c1-4-15(5-2)11-17(14-20-18-9-10-18)12-16-7-6-8-19(13-16)21-3/h6-8,13,15,17-18,20H,4-5,9-12,14H2,1-3H3. The summed E-state index contributed by atoms with van der Waals surface area (Å²) in [6.45, 7) is 5.81. The van der Waals surface area contributed by atoms with Gasteiger partial charge in [0.2, 0.25) is 0 Å². The molecule has 0 radical (unpaired) electrons. The highest BCUT2D eigenvalue weighted by molar-refractivity contribution is 5.28. The van der Waals surface area contributed by atoms with Crippen molar-refractivity contribution in [1.29, 1.82) is 0 Å². The van der Waals surface area contributed by atoms with Gasteiger partial charge < -0.3 is 10.1 Å². The van der Waals surface area contributed by atoms with E-state index in [2.05, 4.69) is 37.4 Å². The van der Waals surface area contributed by atoms with E-state index in [0.717, 1.165) is 30.0 Å². The van der Waals surface area contributed by atoms with Gasteiger partial charge in [-0.2, -0.15) is 0 Å². The highest BCUT2D eigenvalue weighted by Crippen LogP contribution is 2.25. The fraction of sp³-hybridized carbons (Fsp3) is 0.684. The largest absolute Gasteiger partial charge is 0.497 e. The zero-order valence-electron chi connectivity index (χ0n) is 13.9. The molecule has 0 saturated heterocycles. The van der Waals surface area contributed by atoms with Crippen molar-refractivity contribution in [2.45, 2.75) is 58.4 Å². The number of benzene rings is 1. The summed E-state index contributed by atoms with van der Waals surface area (Å²) in [5.74, 6) is 2.58. The first kappa shape index (κ1) is 16.4. The third-order valence-corrected chi connectivity index (χ3v) is 4.75. The molecule has 1 fully saturated rings. The number of ether oxygens (including phenoxy) is 1. The Hall–Kier alpha value is -1.02. The van der Waals surface area contributed by atoms with Crippen molar-refractivity contribution in [3.05, 3.63) is 29.8 Å². The smallest absolute Gasteiger partial charge is 0.119 e. The second-order valence-corrected chi connectivity index (χ2v) is 6.52. The van der Waals surface area contributed by atoms with E-state index in [9.17, 15) is 0 Å². The first-order chi connectivity index (χ1) is 10.2. The molecular formula is C19H31NO. The predicted octanol–water partition coefficient (Wildman–Crippen LogP) is 4.43. The maximum Gasteiger partial charge on any atom is 0.119 e.